The number of benzene rings is 1. The Balaban J connectivity index is 2.44. The smallest absolute Gasteiger partial charge is 0.200 e. The Kier molecular flexibility index (Phi) is 3.18. The molecular formula is C14H14O5. The lowest BCUT2D eigenvalue weighted by Crippen LogP contribution is -2.41. The summed E-state index contributed by atoms with van der Waals surface area (Å²) in [5.74, 6) is -1.45. The normalized spacial score (nSPS) is 26.6. The van der Waals surface area contributed by atoms with Crippen LogP contribution in [0.15, 0.2) is 47.7 Å². The molecule has 19 heavy (non-hydrogen) atoms. The third-order valence-corrected chi connectivity index (χ3v) is 3.07. The zero-order chi connectivity index (χ0) is 14.2. The van der Waals surface area contributed by atoms with E-state index in [1.165, 1.54) is 31.2 Å². The minimum atomic E-state index is -1.63. The Morgan fingerprint density at radius 1 is 1.26 bits per heavy atom. The van der Waals surface area contributed by atoms with Crippen molar-refractivity contribution in [2.24, 2.45) is 0 Å². The molecule has 0 fully saturated rings. The topological polar surface area (TPSA) is 98.0 Å². The van der Waals surface area contributed by atoms with Gasteiger partial charge in [0.25, 0.3) is 0 Å². The van der Waals surface area contributed by atoms with Gasteiger partial charge in [0, 0.05) is 0 Å². The fourth-order valence-electron chi connectivity index (χ4n) is 1.86. The first-order valence-electron chi connectivity index (χ1n) is 5.70. The van der Waals surface area contributed by atoms with E-state index in [0.29, 0.717) is 0 Å². The van der Waals surface area contributed by atoms with E-state index in [9.17, 15) is 25.2 Å². The summed E-state index contributed by atoms with van der Waals surface area (Å²) in [5, 5.41) is 38.9. The van der Waals surface area contributed by atoms with Crippen molar-refractivity contribution >= 4 is 5.78 Å². The largest absolute Gasteiger partial charge is 0.509 e. The number of carbonyl (C=O) groups is 1. The quantitative estimate of drug-likeness (QED) is 0.598. The molecule has 0 bridgehead atoms. The van der Waals surface area contributed by atoms with Gasteiger partial charge in [0.15, 0.2) is 5.78 Å². The summed E-state index contributed by atoms with van der Waals surface area (Å²) >= 11 is 0. The van der Waals surface area contributed by atoms with E-state index in [1.807, 2.05) is 0 Å². The van der Waals surface area contributed by atoms with Crippen molar-refractivity contribution < 1.29 is 25.2 Å². The van der Waals surface area contributed by atoms with E-state index in [0.717, 1.165) is 0 Å². The maximum atomic E-state index is 12.2. The Bertz CT molecular complexity index is 583. The fourth-order valence-corrected chi connectivity index (χ4v) is 1.86. The molecule has 5 nitrogen and oxygen atoms in total. The highest BCUT2D eigenvalue weighted by atomic mass is 16.4. The van der Waals surface area contributed by atoms with E-state index in [1.54, 1.807) is 12.1 Å². The van der Waals surface area contributed by atoms with Crippen LogP contribution in [-0.4, -0.2) is 37.9 Å². The summed E-state index contributed by atoms with van der Waals surface area (Å²) in [4.78, 5) is 12.2. The van der Waals surface area contributed by atoms with Crippen LogP contribution in [0.2, 0.25) is 0 Å². The fraction of sp³-hybridized carbons (Fsp3) is 0.214. The minimum absolute atomic E-state index is 0.0162. The van der Waals surface area contributed by atoms with E-state index in [-0.39, 0.29) is 16.9 Å². The lowest BCUT2D eigenvalue weighted by molar-refractivity contribution is -0.0277. The molecule has 0 aromatic heterocycles. The van der Waals surface area contributed by atoms with Crippen molar-refractivity contribution in [3.05, 3.63) is 53.3 Å². The van der Waals surface area contributed by atoms with Gasteiger partial charge in [-0.3, -0.25) is 4.79 Å². The molecule has 0 spiro atoms. The first-order valence-corrected chi connectivity index (χ1v) is 5.70. The van der Waals surface area contributed by atoms with Gasteiger partial charge < -0.3 is 20.4 Å². The molecule has 100 valence electrons. The van der Waals surface area contributed by atoms with Crippen LogP contribution in [0.4, 0.5) is 0 Å². The molecular weight excluding hydrogens is 248 g/mol. The first-order chi connectivity index (χ1) is 8.84. The number of aliphatic hydroxyl groups is 3. The van der Waals surface area contributed by atoms with Crippen molar-refractivity contribution in [3.8, 4) is 5.75 Å². The average molecular weight is 262 g/mol. The number of aliphatic hydroxyl groups excluding tert-OH is 2. The molecule has 0 saturated carbocycles. The number of carbonyl (C=O) groups excluding carboxylic acids is 1. The first kappa shape index (κ1) is 13.3. The molecule has 1 aliphatic rings. The summed E-state index contributed by atoms with van der Waals surface area (Å²) in [6.07, 6.45) is 0.879. The van der Waals surface area contributed by atoms with Crippen molar-refractivity contribution in [2.75, 3.05) is 0 Å². The van der Waals surface area contributed by atoms with E-state index < -0.39 is 23.2 Å². The number of hydrogen-bond acceptors (Lipinski definition) is 5. The number of Topliss-reactive ketones (excluding diaryl/α,β-unsaturated/α-hetero) is 1. The molecule has 0 aliphatic heterocycles. The number of phenols is 1. The lowest BCUT2D eigenvalue weighted by Gasteiger charge is -2.29. The predicted octanol–water partition coefficient (Wildman–Crippen LogP) is 1.07. The van der Waals surface area contributed by atoms with Gasteiger partial charge in [0.2, 0.25) is 0 Å². The standard InChI is InChI=1S/C14H14O5/c1-14(19)7-6-9(12(17)13(14)18)11(16)8-4-2-3-5-10(8)15/h2-7,13,15,17-19H,1H3. The van der Waals surface area contributed by atoms with Crippen LogP contribution < -0.4 is 0 Å². The zero-order valence-electron chi connectivity index (χ0n) is 10.2. The predicted molar refractivity (Wildman–Crippen MR) is 67.9 cm³/mol. The maximum Gasteiger partial charge on any atom is 0.200 e. The molecule has 1 aromatic rings. The van der Waals surface area contributed by atoms with Gasteiger partial charge in [-0.05, 0) is 31.2 Å². The minimum Gasteiger partial charge on any atom is -0.509 e. The molecule has 5 heteroatoms. The molecule has 0 radical (unpaired) electrons. The van der Waals surface area contributed by atoms with Crippen LogP contribution in [0.25, 0.3) is 0 Å². The molecule has 0 saturated heterocycles. The second kappa shape index (κ2) is 4.53. The van der Waals surface area contributed by atoms with Crippen LogP contribution >= 0.6 is 0 Å². The highest BCUT2D eigenvalue weighted by Crippen LogP contribution is 2.29. The maximum absolute atomic E-state index is 12.2. The SMILES string of the molecule is CC1(O)C=CC(C(=O)c2ccccc2O)=C(O)C1O. The zero-order valence-corrected chi connectivity index (χ0v) is 10.2. The average Bonchev–Trinajstić information content (AvgIpc) is 2.36. The molecule has 1 aromatic carbocycles. The highest BCUT2D eigenvalue weighted by molar-refractivity contribution is 6.12. The monoisotopic (exact) mass is 262 g/mol. The summed E-state index contributed by atoms with van der Waals surface area (Å²) in [7, 11) is 0. The van der Waals surface area contributed by atoms with Gasteiger partial charge in [-0.1, -0.05) is 12.1 Å². The number of ketones is 1. The number of allylic oxidation sites excluding steroid dienone is 2. The molecule has 2 atom stereocenters. The molecule has 0 amide bonds. The van der Waals surface area contributed by atoms with Crippen LogP contribution in [0.1, 0.15) is 17.3 Å². The number of rotatable bonds is 2. The molecule has 0 heterocycles. The van der Waals surface area contributed by atoms with Crippen LogP contribution in [0.5, 0.6) is 5.75 Å². The highest BCUT2D eigenvalue weighted by Gasteiger charge is 2.37. The Morgan fingerprint density at radius 3 is 2.53 bits per heavy atom. The van der Waals surface area contributed by atoms with Crippen molar-refractivity contribution in [1.82, 2.24) is 0 Å². The summed E-state index contributed by atoms with van der Waals surface area (Å²) in [5.41, 5.74) is -1.77. The lowest BCUT2D eigenvalue weighted by atomic mass is 9.86. The third-order valence-electron chi connectivity index (χ3n) is 3.07. The molecule has 1 aliphatic carbocycles. The van der Waals surface area contributed by atoms with Crippen LogP contribution in [0.3, 0.4) is 0 Å². The van der Waals surface area contributed by atoms with Gasteiger partial charge in [0.05, 0.1) is 11.1 Å². The van der Waals surface area contributed by atoms with E-state index in [2.05, 4.69) is 0 Å². The van der Waals surface area contributed by atoms with Crippen molar-refractivity contribution in [1.29, 1.82) is 0 Å². The Labute approximate surface area is 109 Å². The Hall–Kier alpha value is -2.11. The number of para-hydroxylation sites is 1. The van der Waals surface area contributed by atoms with E-state index >= 15 is 0 Å². The molecule has 4 N–H and O–H groups in total. The number of aromatic hydroxyl groups is 1. The van der Waals surface area contributed by atoms with Crippen molar-refractivity contribution in [3.63, 3.8) is 0 Å². The number of hydrogen-bond donors (Lipinski definition) is 4. The van der Waals surface area contributed by atoms with Crippen molar-refractivity contribution in [2.45, 2.75) is 18.6 Å². The molecule has 2 unspecified atom stereocenters. The summed E-state index contributed by atoms with van der Waals surface area (Å²) in [6.45, 7) is 1.31. The third kappa shape index (κ3) is 2.25. The second-order valence-electron chi connectivity index (χ2n) is 4.61. The van der Waals surface area contributed by atoms with E-state index in [4.69, 9.17) is 0 Å². The number of phenolic OH excluding ortho intramolecular Hbond substituents is 1. The van der Waals surface area contributed by atoms with Crippen LogP contribution in [-0.2, 0) is 0 Å². The van der Waals surface area contributed by atoms with Gasteiger partial charge >= 0.3 is 0 Å². The van der Waals surface area contributed by atoms with Gasteiger partial charge in [-0.15, -0.1) is 0 Å². The van der Waals surface area contributed by atoms with Gasteiger partial charge in [0.1, 0.15) is 23.2 Å². The van der Waals surface area contributed by atoms with Gasteiger partial charge in [-0.2, -0.15) is 0 Å². The summed E-state index contributed by atoms with van der Waals surface area (Å²) < 4.78 is 0. The summed E-state index contributed by atoms with van der Waals surface area (Å²) in [6, 6.07) is 5.90. The molecule has 2 rings (SSSR count). The Morgan fingerprint density at radius 2 is 1.89 bits per heavy atom. The van der Waals surface area contributed by atoms with Crippen LogP contribution in [0, 0.1) is 0 Å². The second-order valence-corrected chi connectivity index (χ2v) is 4.61. The van der Waals surface area contributed by atoms with Gasteiger partial charge in [-0.25, -0.2) is 0 Å².